The molecule has 1 aromatic rings. The van der Waals surface area contributed by atoms with Crippen molar-refractivity contribution in [2.24, 2.45) is 5.73 Å². The minimum atomic E-state index is -0.0418. The Hall–Kier alpha value is -1.16. The van der Waals surface area contributed by atoms with E-state index in [-0.39, 0.29) is 12.3 Å². The summed E-state index contributed by atoms with van der Waals surface area (Å²) >= 11 is 0. The quantitative estimate of drug-likeness (QED) is 0.697. The lowest BCUT2D eigenvalue weighted by Crippen LogP contribution is -2.13. The van der Waals surface area contributed by atoms with Gasteiger partial charge in [0.25, 0.3) is 0 Å². The highest BCUT2D eigenvalue weighted by atomic mass is 16.1. The van der Waals surface area contributed by atoms with Crippen LogP contribution in [-0.2, 0) is 6.54 Å². The first kappa shape index (κ1) is 9.92. The fourth-order valence-electron chi connectivity index (χ4n) is 1.25. The van der Waals surface area contributed by atoms with Crippen molar-refractivity contribution in [1.82, 2.24) is 9.78 Å². The van der Waals surface area contributed by atoms with Crippen LogP contribution in [0.15, 0.2) is 6.20 Å². The predicted molar refractivity (Wildman–Crippen MR) is 50.6 cm³/mol. The predicted octanol–water partition coefficient (Wildman–Crippen LogP) is 0.743. The summed E-state index contributed by atoms with van der Waals surface area (Å²) < 4.78 is 1.79. The van der Waals surface area contributed by atoms with Gasteiger partial charge in [0.15, 0.2) is 5.78 Å². The number of carbonyl (C=O) groups excluding carboxylic acids is 1. The zero-order valence-electron chi connectivity index (χ0n) is 8.08. The molecule has 0 amide bonds. The summed E-state index contributed by atoms with van der Waals surface area (Å²) in [5.41, 5.74) is 6.69. The average Bonchev–Trinajstić information content (AvgIpc) is 2.46. The summed E-state index contributed by atoms with van der Waals surface area (Å²) in [6.45, 7) is 4.80. The highest BCUT2D eigenvalue weighted by molar-refractivity contribution is 5.98. The topological polar surface area (TPSA) is 60.9 Å². The summed E-state index contributed by atoms with van der Waals surface area (Å²) in [5, 5.41) is 4.21. The molecule has 1 aromatic heterocycles. The van der Waals surface area contributed by atoms with Crippen molar-refractivity contribution in [3.05, 3.63) is 17.5 Å². The molecule has 0 atom stereocenters. The lowest BCUT2D eigenvalue weighted by atomic mass is 10.2. The minimum absolute atomic E-state index is 0.0418. The molecule has 72 valence electrons. The second-order valence-electron chi connectivity index (χ2n) is 3.02. The number of rotatable bonds is 4. The number of nitrogens with zero attached hydrogens (tertiary/aromatic N) is 2. The van der Waals surface area contributed by atoms with Crippen molar-refractivity contribution in [3.8, 4) is 0 Å². The van der Waals surface area contributed by atoms with Gasteiger partial charge in [-0.3, -0.25) is 9.48 Å². The van der Waals surface area contributed by atoms with E-state index in [1.54, 1.807) is 10.9 Å². The van der Waals surface area contributed by atoms with Crippen LogP contribution in [0.4, 0.5) is 0 Å². The Morgan fingerprint density at radius 1 is 1.69 bits per heavy atom. The molecule has 4 heteroatoms. The van der Waals surface area contributed by atoms with E-state index < -0.39 is 0 Å². The Kier molecular flexibility index (Phi) is 3.19. The summed E-state index contributed by atoms with van der Waals surface area (Å²) in [7, 11) is 0. The minimum Gasteiger partial charge on any atom is -0.324 e. The standard InChI is InChI=1S/C9H15N3O/c1-3-4-12-6-8(7(2)11-12)9(13)5-10/h6H,3-5,10H2,1-2H3. The highest BCUT2D eigenvalue weighted by Crippen LogP contribution is 2.06. The fraction of sp³-hybridized carbons (Fsp3) is 0.556. The molecule has 0 fully saturated rings. The van der Waals surface area contributed by atoms with Crippen LogP contribution in [0.25, 0.3) is 0 Å². The number of aryl methyl sites for hydroxylation is 2. The molecular formula is C9H15N3O. The first-order valence-electron chi connectivity index (χ1n) is 4.46. The Bertz CT molecular complexity index is 304. The molecule has 2 N–H and O–H groups in total. The molecule has 0 spiro atoms. The normalized spacial score (nSPS) is 10.4. The van der Waals surface area contributed by atoms with Gasteiger partial charge in [0.05, 0.1) is 17.8 Å². The molecule has 4 nitrogen and oxygen atoms in total. The number of nitrogens with two attached hydrogens (primary N) is 1. The van der Waals surface area contributed by atoms with E-state index in [1.807, 2.05) is 6.92 Å². The summed E-state index contributed by atoms with van der Waals surface area (Å²) in [6, 6.07) is 0. The first-order chi connectivity index (χ1) is 6.19. The molecule has 1 rings (SSSR count). The van der Waals surface area contributed by atoms with Crippen LogP contribution in [0.1, 0.15) is 29.4 Å². The molecule has 0 saturated carbocycles. The maximum absolute atomic E-state index is 11.3. The molecule has 0 aromatic carbocycles. The third-order valence-electron chi connectivity index (χ3n) is 1.88. The van der Waals surface area contributed by atoms with E-state index in [9.17, 15) is 4.79 Å². The Labute approximate surface area is 77.7 Å². The Balaban J connectivity index is 2.89. The lowest BCUT2D eigenvalue weighted by molar-refractivity contribution is 0.100. The first-order valence-corrected chi connectivity index (χ1v) is 4.46. The lowest BCUT2D eigenvalue weighted by Gasteiger charge is -1.94. The zero-order chi connectivity index (χ0) is 9.84. The SMILES string of the molecule is CCCn1cc(C(=O)CN)c(C)n1. The molecule has 1 heterocycles. The van der Waals surface area contributed by atoms with Gasteiger partial charge in [0.2, 0.25) is 0 Å². The zero-order valence-corrected chi connectivity index (χ0v) is 8.08. The van der Waals surface area contributed by atoms with Crippen LogP contribution in [-0.4, -0.2) is 22.1 Å². The van der Waals surface area contributed by atoms with Crippen LogP contribution in [0.3, 0.4) is 0 Å². The second-order valence-corrected chi connectivity index (χ2v) is 3.02. The molecular weight excluding hydrogens is 166 g/mol. The average molecular weight is 181 g/mol. The van der Waals surface area contributed by atoms with Gasteiger partial charge in [-0.15, -0.1) is 0 Å². The van der Waals surface area contributed by atoms with Gasteiger partial charge in [-0.05, 0) is 13.3 Å². The van der Waals surface area contributed by atoms with E-state index in [1.165, 1.54) is 0 Å². The van der Waals surface area contributed by atoms with Gasteiger partial charge >= 0.3 is 0 Å². The third kappa shape index (κ3) is 2.15. The number of hydrogen-bond acceptors (Lipinski definition) is 3. The monoisotopic (exact) mass is 181 g/mol. The Morgan fingerprint density at radius 3 is 2.92 bits per heavy atom. The third-order valence-corrected chi connectivity index (χ3v) is 1.88. The number of ketones is 1. The molecule has 0 aliphatic carbocycles. The van der Waals surface area contributed by atoms with Gasteiger partial charge in [0.1, 0.15) is 0 Å². The van der Waals surface area contributed by atoms with E-state index >= 15 is 0 Å². The van der Waals surface area contributed by atoms with Crippen molar-refractivity contribution in [2.75, 3.05) is 6.54 Å². The second kappa shape index (κ2) is 4.18. The molecule has 0 radical (unpaired) electrons. The van der Waals surface area contributed by atoms with Crippen LogP contribution < -0.4 is 5.73 Å². The van der Waals surface area contributed by atoms with Gasteiger partial charge in [-0.25, -0.2) is 0 Å². The van der Waals surface area contributed by atoms with E-state index in [4.69, 9.17) is 5.73 Å². The molecule has 0 aliphatic rings. The van der Waals surface area contributed by atoms with Crippen molar-refractivity contribution < 1.29 is 4.79 Å². The van der Waals surface area contributed by atoms with Gasteiger partial charge in [-0.2, -0.15) is 5.10 Å². The van der Waals surface area contributed by atoms with Crippen molar-refractivity contribution in [1.29, 1.82) is 0 Å². The summed E-state index contributed by atoms with van der Waals surface area (Å²) in [6.07, 6.45) is 2.78. The molecule has 0 aliphatic heterocycles. The van der Waals surface area contributed by atoms with Gasteiger partial charge in [0, 0.05) is 12.7 Å². The van der Waals surface area contributed by atoms with Crippen LogP contribution in [0, 0.1) is 6.92 Å². The Morgan fingerprint density at radius 2 is 2.38 bits per heavy atom. The van der Waals surface area contributed by atoms with Crippen LogP contribution in [0.5, 0.6) is 0 Å². The van der Waals surface area contributed by atoms with E-state index in [2.05, 4.69) is 12.0 Å². The maximum Gasteiger partial charge on any atom is 0.179 e. The summed E-state index contributed by atoms with van der Waals surface area (Å²) in [4.78, 5) is 11.3. The van der Waals surface area contributed by atoms with Crippen LogP contribution in [0.2, 0.25) is 0 Å². The number of aromatic nitrogens is 2. The smallest absolute Gasteiger partial charge is 0.179 e. The van der Waals surface area contributed by atoms with Gasteiger partial charge < -0.3 is 5.73 Å². The maximum atomic E-state index is 11.3. The molecule has 13 heavy (non-hydrogen) atoms. The van der Waals surface area contributed by atoms with Gasteiger partial charge in [-0.1, -0.05) is 6.92 Å². The van der Waals surface area contributed by atoms with Crippen molar-refractivity contribution >= 4 is 5.78 Å². The largest absolute Gasteiger partial charge is 0.324 e. The summed E-state index contributed by atoms with van der Waals surface area (Å²) in [5.74, 6) is -0.0418. The number of Topliss-reactive ketones (excluding diaryl/α,β-unsaturated/α-hetero) is 1. The fourth-order valence-corrected chi connectivity index (χ4v) is 1.25. The molecule has 0 bridgehead atoms. The van der Waals surface area contributed by atoms with Crippen molar-refractivity contribution in [2.45, 2.75) is 26.8 Å². The van der Waals surface area contributed by atoms with E-state index in [0.29, 0.717) is 5.56 Å². The number of hydrogen-bond donors (Lipinski definition) is 1. The molecule has 0 unspecified atom stereocenters. The van der Waals surface area contributed by atoms with Crippen LogP contribution >= 0.6 is 0 Å². The number of carbonyl (C=O) groups is 1. The highest BCUT2D eigenvalue weighted by Gasteiger charge is 2.10. The van der Waals surface area contributed by atoms with E-state index in [0.717, 1.165) is 18.7 Å². The molecule has 0 saturated heterocycles. The van der Waals surface area contributed by atoms with Crippen molar-refractivity contribution in [3.63, 3.8) is 0 Å².